The maximum atomic E-state index is 12.7. The number of anilines is 1. The van der Waals surface area contributed by atoms with E-state index in [1.54, 1.807) is 0 Å². The van der Waals surface area contributed by atoms with Gasteiger partial charge in [0, 0.05) is 24.2 Å². The first-order valence-corrected chi connectivity index (χ1v) is 8.56. The van der Waals surface area contributed by atoms with E-state index < -0.39 is 0 Å². The number of urea groups is 1. The zero-order valence-electron chi connectivity index (χ0n) is 14.8. The zero-order valence-corrected chi connectivity index (χ0v) is 14.8. The van der Waals surface area contributed by atoms with Crippen molar-refractivity contribution >= 4 is 11.7 Å². The number of hydrogen-bond acceptors (Lipinski definition) is 3. The molecule has 1 atom stereocenters. The van der Waals surface area contributed by atoms with Gasteiger partial charge in [0.15, 0.2) is 0 Å². The number of likely N-dealkylation sites (tertiary alicyclic amines) is 1. The van der Waals surface area contributed by atoms with Gasteiger partial charge >= 0.3 is 6.03 Å². The van der Waals surface area contributed by atoms with Crippen molar-refractivity contribution in [3.63, 3.8) is 0 Å². The van der Waals surface area contributed by atoms with Gasteiger partial charge in [0.05, 0.1) is 6.04 Å². The van der Waals surface area contributed by atoms with E-state index in [4.69, 9.17) is 4.52 Å². The average Bonchev–Trinajstić information content (AvgIpc) is 3.15. The molecule has 1 aliphatic heterocycles. The Hall–Kier alpha value is -2.30. The fraction of sp³-hybridized carbons (Fsp3) is 0.474. The number of amides is 2. The van der Waals surface area contributed by atoms with Crippen molar-refractivity contribution in [2.45, 2.75) is 52.5 Å². The average molecular weight is 327 g/mol. The third-order valence-electron chi connectivity index (χ3n) is 4.44. The van der Waals surface area contributed by atoms with E-state index in [2.05, 4.69) is 30.4 Å². The lowest BCUT2D eigenvalue weighted by atomic mass is 10.1. The van der Waals surface area contributed by atoms with Crippen molar-refractivity contribution in [1.29, 1.82) is 0 Å². The van der Waals surface area contributed by atoms with Crippen LogP contribution in [0.1, 0.15) is 61.2 Å². The van der Waals surface area contributed by atoms with Gasteiger partial charge in [0.1, 0.15) is 11.5 Å². The van der Waals surface area contributed by atoms with Gasteiger partial charge < -0.3 is 14.7 Å². The minimum absolute atomic E-state index is 0.00726. The predicted molar refractivity (Wildman–Crippen MR) is 94.2 cm³/mol. The van der Waals surface area contributed by atoms with Gasteiger partial charge in [-0.1, -0.05) is 25.1 Å². The lowest BCUT2D eigenvalue weighted by Gasteiger charge is -2.23. The summed E-state index contributed by atoms with van der Waals surface area (Å²) in [6.07, 6.45) is 1.90. The van der Waals surface area contributed by atoms with Crippen molar-refractivity contribution < 1.29 is 9.32 Å². The van der Waals surface area contributed by atoms with E-state index in [0.717, 1.165) is 47.7 Å². The van der Waals surface area contributed by atoms with Crippen molar-refractivity contribution in [3.8, 4) is 0 Å². The molecule has 0 saturated carbocycles. The van der Waals surface area contributed by atoms with E-state index in [9.17, 15) is 4.79 Å². The standard InChI is InChI=1S/C19H25N3O2/c1-12(2)18-11-16(21-24-18)17-6-5-7-22(17)19(23)20-15-9-13(3)8-14(4)10-15/h8-12,17H,5-7H2,1-4H3,(H,20,23)/t17-/m0/s1. The van der Waals surface area contributed by atoms with Crippen molar-refractivity contribution in [2.24, 2.45) is 0 Å². The fourth-order valence-corrected chi connectivity index (χ4v) is 3.29. The topological polar surface area (TPSA) is 58.4 Å². The van der Waals surface area contributed by atoms with Gasteiger partial charge in [-0.25, -0.2) is 4.79 Å². The molecule has 0 spiro atoms. The molecule has 2 amide bonds. The number of carbonyl (C=O) groups is 1. The second-order valence-corrected chi connectivity index (χ2v) is 6.97. The molecule has 1 N–H and O–H groups in total. The summed E-state index contributed by atoms with van der Waals surface area (Å²) in [5, 5.41) is 7.21. The first kappa shape index (κ1) is 16.6. The first-order chi connectivity index (χ1) is 11.4. The molecule has 0 aliphatic carbocycles. The molecule has 5 nitrogen and oxygen atoms in total. The Morgan fingerprint density at radius 3 is 2.58 bits per heavy atom. The summed E-state index contributed by atoms with van der Waals surface area (Å²) in [5.74, 6) is 1.16. The molecule has 128 valence electrons. The predicted octanol–water partition coefficient (Wildman–Crippen LogP) is 4.78. The Morgan fingerprint density at radius 2 is 1.96 bits per heavy atom. The number of nitrogens with one attached hydrogen (secondary N) is 1. The van der Waals surface area contributed by atoms with Crippen molar-refractivity contribution in [3.05, 3.63) is 46.8 Å². The van der Waals surface area contributed by atoms with Crippen LogP contribution in [0.25, 0.3) is 0 Å². The smallest absolute Gasteiger partial charge is 0.322 e. The van der Waals surface area contributed by atoms with Crippen LogP contribution in [0.3, 0.4) is 0 Å². The molecule has 1 aromatic carbocycles. The molecule has 24 heavy (non-hydrogen) atoms. The number of aryl methyl sites for hydroxylation is 2. The number of benzene rings is 1. The maximum absolute atomic E-state index is 12.7. The Labute approximate surface area is 143 Å². The number of carbonyl (C=O) groups excluding carboxylic acids is 1. The summed E-state index contributed by atoms with van der Waals surface area (Å²) in [7, 11) is 0. The van der Waals surface area contributed by atoms with Crippen molar-refractivity contribution in [1.82, 2.24) is 10.1 Å². The van der Waals surface area contributed by atoms with E-state index in [1.807, 2.05) is 36.9 Å². The minimum Gasteiger partial charge on any atom is -0.361 e. The van der Waals surface area contributed by atoms with E-state index in [-0.39, 0.29) is 12.1 Å². The highest BCUT2D eigenvalue weighted by Gasteiger charge is 2.32. The van der Waals surface area contributed by atoms with Gasteiger partial charge in [-0.3, -0.25) is 0 Å². The van der Waals surface area contributed by atoms with Crippen LogP contribution in [-0.2, 0) is 0 Å². The lowest BCUT2D eigenvalue weighted by Crippen LogP contribution is -2.34. The summed E-state index contributed by atoms with van der Waals surface area (Å²) < 4.78 is 5.41. The normalized spacial score (nSPS) is 17.5. The highest BCUT2D eigenvalue weighted by atomic mass is 16.5. The molecular weight excluding hydrogens is 302 g/mol. The second kappa shape index (κ2) is 6.67. The molecule has 1 fully saturated rings. The van der Waals surface area contributed by atoms with Gasteiger partial charge in [-0.15, -0.1) is 0 Å². The number of hydrogen-bond donors (Lipinski definition) is 1. The van der Waals surface area contributed by atoms with Crippen LogP contribution in [0, 0.1) is 13.8 Å². The zero-order chi connectivity index (χ0) is 17.3. The molecule has 5 heteroatoms. The van der Waals surface area contributed by atoms with Gasteiger partial charge in [0.2, 0.25) is 0 Å². The SMILES string of the molecule is Cc1cc(C)cc(NC(=O)N2CCC[C@H]2c2cc(C(C)C)on2)c1. The number of aromatic nitrogens is 1. The Bertz CT molecular complexity index is 716. The summed E-state index contributed by atoms with van der Waals surface area (Å²) in [6, 6.07) is 7.98. The third kappa shape index (κ3) is 3.45. The quantitative estimate of drug-likeness (QED) is 0.882. The van der Waals surface area contributed by atoms with Crippen molar-refractivity contribution in [2.75, 3.05) is 11.9 Å². The van der Waals surface area contributed by atoms with Crippen LogP contribution < -0.4 is 5.32 Å². The van der Waals surface area contributed by atoms with E-state index >= 15 is 0 Å². The van der Waals surface area contributed by atoms with Crippen LogP contribution in [0.15, 0.2) is 28.8 Å². The molecule has 2 heterocycles. The minimum atomic E-state index is -0.0726. The molecular formula is C19H25N3O2. The van der Waals surface area contributed by atoms with E-state index in [1.165, 1.54) is 0 Å². The summed E-state index contributed by atoms with van der Waals surface area (Å²) in [4.78, 5) is 14.6. The number of nitrogens with zero attached hydrogens (tertiary/aromatic N) is 2. The molecule has 1 aliphatic rings. The third-order valence-corrected chi connectivity index (χ3v) is 4.44. The molecule has 1 saturated heterocycles. The van der Waals surface area contributed by atoms with E-state index in [0.29, 0.717) is 5.92 Å². The van der Waals surface area contributed by atoms with Crippen LogP contribution in [-0.4, -0.2) is 22.6 Å². The van der Waals surface area contributed by atoms with Crippen LogP contribution in [0.5, 0.6) is 0 Å². The molecule has 3 rings (SSSR count). The highest BCUT2D eigenvalue weighted by molar-refractivity contribution is 5.90. The fourth-order valence-electron chi connectivity index (χ4n) is 3.29. The summed E-state index contributed by atoms with van der Waals surface area (Å²) >= 11 is 0. The molecule has 1 aromatic heterocycles. The van der Waals surface area contributed by atoms with Crippen LogP contribution in [0.4, 0.5) is 10.5 Å². The summed E-state index contributed by atoms with van der Waals surface area (Å²) in [5.41, 5.74) is 3.97. The first-order valence-electron chi connectivity index (χ1n) is 8.56. The molecule has 0 unspecified atom stereocenters. The van der Waals surface area contributed by atoms with Crippen LogP contribution >= 0.6 is 0 Å². The Morgan fingerprint density at radius 1 is 1.25 bits per heavy atom. The lowest BCUT2D eigenvalue weighted by molar-refractivity contribution is 0.204. The molecule has 2 aromatic rings. The second-order valence-electron chi connectivity index (χ2n) is 6.97. The highest BCUT2D eigenvalue weighted by Crippen LogP contribution is 2.33. The van der Waals surface area contributed by atoms with Crippen LogP contribution in [0.2, 0.25) is 0 Å². The monoisotopic (exact) mass is 327 g/mol. The van der Waals surface area contributed by atoms with Gasteiger partial charge in [0.25, 0.3) is 0 Å². The Kier molecular flexibility index (Phi) is 4.60. The maximum Gasteiger partial charge on any atom is 0.322 e. The summed E-state index contributed by atoms with van der Waals surface area (Å²) in [6.45, 7) is 8.95. The largest absolute Gasteiger partial charge is 0.361 e. The van der Waals surface area contributed by atoms with Gasteiger partial charge in [-0.2, -0.15) is 0 Å². The Balaban J connectivity index is 1.75. The number of rotatable bonds is 3. The molecule has 0 radical (unpaired) electrons. The van der Waals surface area contributed by atoms with Gasteiger partial charge in [-0.05, 0) is 49.9 Å². The molecule has 0 bridgehead atoms.